The van der Waals surface area contributed by atoms with E-state index < -0.39 is 5.82 Å². The van der Waals surface area contributed by atoms with E-state index in [9.17, 15) is 9.59 Å². The summed E-state index contributed by atoms with van der Waals surface area (Å²) in [6, 6.07) is 1.52. The second-order valence-electron chi connectivity index (χ2n) is 6.78. The second-order valence-corrected chi connectivity index (χ2v) is 7.91. The van der Waals surface area contributed by atoms with E-state index in [0.29, 0.717) is 24.3 Å². The van der Waals surface area contributed by atoms with E-state index >= 15 is 4.39 Å². The van der Waals surface area contributed by atoms with Gasteiger partial charge in [0.05, 0.1) is 29.8 Å². The van der Waals surface area contributed by atoms with Crippen LogP contribution in [0.5, 0.6) is 0 Å². The minimum absolute atomic E-state index is 0.0762. The number of thioether (sulfide) groups is 1. The molecule has 2 atom stereocenters. The molecule has 0 unspecified atom stereocenters. The Morgan fingerprint density at radius 3 is 2.67 bits per heavy atom. The van der Waals surface area contributed by atoms with Gasteiger partial charge in [-0.05, 0) is 31.7 Å². The van der Waals surface area contributed by atoms with E-state index in [1.54, 1.807) is 4.90 Å². The highest BCUT2D eigenvalue weighted by atomic mass is 32.2. The van der Waals surface area contributed by atoms with Crippen molar-refractivity contribution in [2.24, 2.45) is 0 Å². The first-order chi connectivity index (χ1) is 12.9. The fourth-order valence-corrected chi connectivity index (χ4v) is 4.32. The molecular weight excluding hydrogens is 373 g/mol. The molecule has 142 valence electrons. The van der Waals surface area contributed by atoms with Crippen molar-refractivity contribution in [2.75, 3.05) is 29.4 Å². The fraction of sp³-hybridized carbons (Fsp3) is 0.389. The summed E-state index contributed by atoms with van der Waals surface area (Å²) in [5, 5.41) is 3.92. The van der Waals surface area contributed by atoms with Crippen LogP contribution >= 0.6 is 11.8 Å². The first kappa shape index (κ1) is 18.0. The number of carbonyl (C=O) groups is 2. The third-order valence-electron chi connectivity index (χ3n) is 4.59. The van der Waals surface area contributed by atoms with Crippen LogP contribution < -0.4 is 9.80 Å². The van der Waals surface area contributed by atoms with Crippen LogP contribution in [0.15, 0.2) is 22.1 Å². The van der Waals surface area contributed by atoms with Crippen molar-refractivity contribution in [2.45, 2.75) is 26.1 Å². The SMILES string of the molecule is C=C1CN(c2noc3c(F)c(N4C[C@@H](C)O[C@H](C)C4)c(C=O)cc23)C(=O)S1. The number of halogens is 1. The highest BCUT2D eigenvalue weighted by Crippen LogP contribution is 2.39. The summed E-state index contributed by atoms with van der Waals surface area (Å²) >= 11 is 1.00. The van der Waals surface area contributed by atoms with Gasteiger partial charge in [0.1, 0.15) is 0 Å². The predicted octanol–water partition coefficient (Wildman–Crippen LogP) is 3.58. The number of hydrogen-bond acceptors (Lipinski definition) is 7. The molecule has 2 aliphatic heterocycles. The zero-order chi connectivity index (χ0) is 19.3. The highest BCUT2D eigenvalue weighted by Gasteiger charge is 2.33. The first-order valence-corrected chi connectivity index (χ1v) is 9.35. The Bertz CT molecular complexity index is 950. The number of hydrogen-bond donors (Lipinski definition) is 0. The summed E-state index contributed by atoms with van der Waals surface area (Å²) < 4.78 is 26.2. The van der Waals surface area contributed by atoms with E-state index in [0.717, 1.165) is 11.8 Å². The van der Waals surface area contributed by atoms with Gasteiger partial charge in [-0.15, -0.1) is 0 Å². The smallest absolute Gasteiger partial charge is 0.292 e. The Hall–Kier alpha value is -2.39. The number of carbonyl (C=O) groups excluding carboxylic acids is 2. The largest absolute Gasteiger partial charge is 0.372 e. The Morgan fingerprint density at radius 1 is 1.37 bits per heavy atom. The number of anilines is 2. The van der Waals surface area contributed by atoms with Crippen LogP contribution in [0.3, 0.4) is 0 Å². The molecule has 1 aromatic carbocycles. The molecule has 27 heavy (non-hydrogen) atoms. The molecule has 1 aromatic heterocycles. The number of amides is 1. The van der Waals surface area contributed by atoms with Crippen molar-refractivity contribution in [3.8, 4) is 0 Å². The summed E-state index contributed by atoms with van der Waals surface area (Å²) in [6.45, 7) is 8.75. The molecule has 0 spiro atoms. The number of ether oxygens (including phenoxy) is 1. The molecule has 0 bridgehead atoms. The molecule has 3 heterocycles. The number of rotatable bonds is 3. The molecule has 1 amide bonds. The topological polar surface area (TPSA) is 75.9 Å². The molecule has 0 N–H and O–H groups in total. The zero-order valence-electron chi connectivity index (χ0n) is 14.9. The van der Waals surface area contributed by atoms with Crippen LogP contribution in [0.2, 0.25) is 0 Å². The van der Waals surface area contributed by atoms with Crippen molar-refractivity contribution in [3.05, 3.63) is 28.9 Å². The van der Waals surface area contributed by atoms with Crippen LogP contribution in [-0.4, -0.2) is 48.5 Å². The van der Waals surface area contributed by atoms with Gasteiger partial charge in [-0.25, -0.2) is 4.39 Å². The maximum Gasteiger partial charge on any atom is 0.292 e. The molecule has 2 aromatic rings. The third-order valence-corrected chi connectivity index (χ3v) is 5.41. The van der Waals surface area contributed by atoms with Gasteiger partial charge in [0.2, 0.25) is 5.58 Å². The monoisotopic (exact) mass is 391 g/mol. The van der Waals surface area contributed by atoms with Crippen LogP contribution in [0.1, 0.15) is 24.2 Å². The number of fused-ring (bicyclic) bond motifs is 1. The lowest BCUT2D eigenvalue weighted by Crippen LogP contribution is -2.46. The van der Waals surface area contributed by atoms with Gasteiger partial charge < -0.3 is 14.2 Å². The Balaban J connectivity index is 1.83. The van der Waals surface area contributed by atoms with E-state index in [-0.39, 0.29) is 52.0 Å². The van der Waals surface area contributed by atoms with Gasteiger partial charge in [0.25, 0.3) is 5.24 Å². The normalized spacial score (nSPS) is 23.5. The number of morpholine rings is 1. The molecule has 0 aliphatic carbocycles. The average molecular weight is 391 g/mol. The quantitative estimate of drug-likeness (QED) is 0.740. The number of nitrogens with zero attached hydrogens (tertiary/aromatic N) is 3. The van der Waals surface area contributed by atoms with E-state index in [1.807, 2.05) is 13.8 Å². The van der Waals surface area contributed by atoms with Crippen LogP contribution in [-0.2, 0) is 4.74 Å². The standard InChI is InChI=1S/C18H18FN3O4S/c1-9-5-21(6-10(2)25-9)15-12(8-23)4-13-16(14(15)19)26-20-17(13)22-7-11(3)27-18(22)24/h4,8-10H,3,5-7H2,1-2H3/t9-,10-/m1/s1. The molecular formula is C18H18FN3O4S. The van der Waals surface area contributed by atoms with E-state index in [2.05, 4.69) is 11.7 Å². The van der Waals surface area contributed by atoms with Gasteiger partial charge in [-0.1, -0.05) is 11.7 Å². The lowest BCUT2D eigenvalue weighted by Gasteiger charge is -2.37. The van der Waals surface area contributed by atoms with Gasteiger partial charge in [-0.2, -0.15) is 0 Å². The zero-order valence-corrected chi connectivity index (χ0v) is 15.7. The molecule has 2 fully saturated rings. The van der Waals surface area contributed by atoms with Crippen molar-refractivity contribution in [1.29, 1.82) is 0 Å². The maximum atomic E-state index is 15.3. The summed E-state index contributed by atoms with van der Waals surface area (Å²) in [4.78, 5) is 27.7. The Kier molecular flexibility index (Phi) is 4.43. The first-order valence-electron chi connectivity index (χ1n) is 8.53. The van der Waals surface area contributed by atoms with Gasteiger partial charge >= 0.3 is 0 Å². The lowest BCUT2D eigenvalue weighted by atomic mass is 10.1. The van der Waals surface area contributed by atoms with Crippen molar-refractivity contribution in [3.63, 3.8) is 0 Å². The maximum absolute atomic E-state index is 15.3. The Morgan fingerprint density at radius 2 is 2.07 bits per heavy atom. The third kappa shape index (κ3) is 3.00. The summed E-state index contributed by atoms with van der Waals surface area (Å²) in [5.74, 6) is -0.466. The predicted molar refractivity (Wildman–Crippen MR) is 101 cm³/mol. The fourth-order valence-electron chi connectivity index (χ4n) is 3.61. The number of aldehydes is 1. The minimum atomic E-state index is -0.659. The molecule has 0 saturated carbocycles. The Labute approximate surface area is 159 Å². The number of aromatic nitrogens is 1. The van der Waals surface area contributed by atoms with Crippen molar-refractivity contribution < 1.29 is 23.2 Å². The van der Waals surface area contributed by atoms with Gasteiger partial charge in [-0.3, -0.25) is 14.5 Å². The summed E-state index contributed by atoms with van der Waals surface area (Å²) in [6.07, 6.45) is 0.414. The average Bonchev–Trinajstić information content (AvgIpc) is 3.16. The van der Waals surface area contributed by atoms with Crippen LogP contribution in [0, 0.1) is 5.82 Å². The summed E-state index contributed by atoms with van der Waals surface area (Å²) in [7, 11) is 0. The molecule has 2 saturated heterocycles. The molecule has 2 aliphatic rings. The lowest BCUT2D eigenvalue weighted by molar-refractivity contribution is -0.00543. The molecule has 9 heteroatoms. The van der Waals surface area contributed by atoms with Gasteiger partial charge in [0.15, 0.2) is 17.9 Å². The second kappa shape index (κ2) is 6.65. The van der Waals surface area contributed by atoms with E-state index in [1.165, 1.54) is 11.0 Å². The van der Waals surface area contributed by atoms with Gasteiger partial charge in [0, 0.05) is 23.6 Å². The molecule has 0 radical (unpaired) electrons. The molecule has 7 nitrogen and oxygen atoms in total. The number of benzene rings is 1. The minimum Gasteiger partial charge on any atom is -0.372 e. The van der Waals surface area contributed by atoms with Crippen LogP contribution in [0.4, 0.5) is 20.7 Å². The van der Waals surface area contributed by atoms with Crippen LogP contribution in [0.25, 0.3) is 11.0 Å². The molecule has 4 rings (SSSR count). The van der Waals surface area contributed by atoms with Crippen molar-refractivity contribution >= 4 is 45.8 Å². The highest BCUT2D eigenvalue weighted by molar-refractivity contribution is 8.17. The van der Waals surface area contributed by atoms with E-state index in [4.69, 9.17) is 9.26 Å². The van der Waals surface area contributed by atoms with Crippen molar-refractivity contribution in [1.82, 2.24) is 5.16 Å². The summed E-state index contributed by atoms with van der Waals surface area (Å²) in [5.41, 5.74) is 0.283.